The van der Waals surface area contributed by atoms with Crippen LogP contribution in [0.2, 0.25) is 0 Å². The third kappa shape index (κ3) is 0.874. The predicted octanol–water partition coefficient (Wildman–Crippen LogP) is 0.791. The number of oxazole rings is 2. The van der Waals surface area contributed by atoms with Crippen LogP contribution in [-0.2, 0) is 0 Å². The topological polar surface area (TPSA) is 133 Å². The summed E-state index contributed by atoms with van der Waals surface area (Å²) in [5.74, 6) is -0.973. The SMILES string of the molecule is Oc1nc2c(O)c3oc(O)nc3c(O)c2o1. The molecule has 0 saturated heterocycles. The van der Waals surface area contributed by atoms with Crippen LogP contribution in [0, 0.1) is 0 Å². The predicted molar refractivity (Wildman–Crippen MR) is 48.2 cm³/mol. The Morgan fingerprint density at radius 2 is 1.06 bits per heavy atom. The number of nitrogens with zero attached hydrogens (tertiary/aromatic N) is 2. The number of fused-ring (bicyclic) bond motifs is 2. The van der Waals surface area contributed by atoms with Crippen molar-refractivity contribution in [1.29, 1.82) is 0 Å². The Morgan fingerprint density at radius 3 is 1.44 bits per heavy atom. The summed E-state index contributed by atoms with van der Waals surface area (Å²) in [5, 5.41) is 37.4. The minimum atomic E-state index is -0.711. The van der Waals surface area contributed by atoms with Gasteiger partial charge in [-0.2, -0.15) is 9.97 Å². The average Bonchev–Trinajstić information content (AvgIpc) is 2.78. The van der Waals surface area contributed by atoms with Gasteiger partial charge in [-0.3, -0.25) is 0 Å². The number of aromatic hydroxyl groups is 4. The molecule has 0 unspecified atom stereocenters. The molecule has 4 N–H and O–H groups in total. The molecule has 0 spiro atoms. The molecule has 82 valence electrons. The van der Waals surface area contributed by atoms with Gasteiger partial charge in [0.1, 0.15) is 0 Å². The molecule has 8 heteroatoms. The van der Waals surface area contributed by atoms with Crippen molar-refractivity contribution < 1.29 is 29.3 Å². The van der Waals surface area contributed by atoms with Gasteiger partial charge in [0.25, 0.3) is 0 Å². The van der Waals surface area contributed by atoms with Crippen molar-refractivity contribution in [3.63, 3.8) is 0 Å². The standard InChI is InChI=1S/C8H4N2O6/c11-3-1-5(15-7(13)9-1)4(12)2-6(3)16-8(14)10-2/h11-12H,(H,9,13)(H,10,14). The largest absolute Gasteiger partial charge is 0.503 e. The number of aromatic nitrogens is 2. The molecule has 0 aliphatic heterocycles. The van der Waals surface area contributed by atoms with E-state index in [2.05, 4.69) is 18.8 Å². The van der Waals surface area contributed by atoms with Gasteiger partial charge in [0.2, 0.25) is 11.2 Å². The molecule has 0 atom stereocenters. The summed E-state index contributed by atoms with van der Waals surface area (Å²) in [4.78, 5) is 6.88. The number of rotatable bonds is 0. The Balaban J connectivity index is 2.63. The highest BCUT2D eigenvalue weighted by Crippen LogP contribution is 2.43. The van der Waals surface area contributed by atoms with Gasteiger partial charge < -0.3 is 29.3 Å². The van der Waals surface area contributed by atoms with E-state index >= 15 is 0 Å². The zero-order valence-electron chi connectivity index (χ0n) is 7.50. The van der Waals surface area contributed by atoms with Crippen LogP contribution in [0.15, 0.2) is 8.83 Å². The molecule has 0 bridgehead atoms. The molecule has 0 saturated carbocycles. The molecule has 0 fully saturated rings. The van der Waals surface area contributed by atoms with Crippen molar-refractivity contribution >= 4 is 22.2 Å². The second kappa shape index (κ2) is 2.48. The van der Waals surface area contributed by atoms with Crippen molar-refractivity contribution in [3.8, 4) is 23.7 Å². The second-order valence-electron chi connectivity index (χ2n) is 3.05. The normalized spacial score (nSPS) is 11.5. The van der Waals surface area contributed by atoms with E-state index in [0.717, 1.165) is 0 Å². The van der Waals surface area contributed by atoms with Crippen LogP contribution in [0.3, 0.4) is 0 Å². The third-order valence-corrected chi connectivity index (χ3v) is 2.11. The Morgan fingerprint density at radius 1 is 0.688 bits per heavy atom. The summed E-state index contributed by atoms with van der Waals surface area (Å²) in [6.45, 7) is 0. The summed E-state index contributed by atoms with van der Waals surface area (Å²) in [5.41, 5.74) is -0.844. The lowest BCUT2D eigenvalue weighted by molar-refractivity contribution is 0.324. The highest BCUT2D eigenvalue weighted by atomic mass is 16.5. The lowest BCUT2D eigenvalue weighted by Gasteiger charge is -1.95. The molecule has 0 amide bonds. The van der Waals surface area contributed by atoms with Gasteiger partial charge in [0, 0.05) is 0 Å². The smallest absolute Gasteiger partial charge is 0.392 e. The Labute approximate surface area is 86.0 Å². The molecule has 8 nitrogen and oxygen atoms in total. The zero-order chi connectivity index (χ0) is 11.4. The highest BCUT2D eigenvalue weighted by molar-refractivity contribution is 6.03. The fourth-order valence-corrected chi connectivity index (χ4v) is 1.47. The first kappa shape index (κ1) is 8.65. The van der Waals surface area contributed by atoms with Gasteiger partial charge >= 0.3 is 12.2 Å². The molecule has 2 heterocycles. The van der Waals surface area contributed by atoms with E-state index in [4.69, 9.17) is 10.2 Å². The van der Waals surface area contributed by atoms with E-state index < -0.39 is 23.7 Å². The van der Waals surface area contributed by atoms with Crippen LogP contribution in [0.1, 0.15) is 0 Å². The van der Waals surface area contributed by atoms with Crippen molar-refractivity contribution in [2.75, 3.05) is 0 Å². The second-order valence-corrected chi connectivity index (χ2v) is 3.05. The Bertz CT molecular complexity index is 598. The molecular weight excluding hydrogens is 220 g/mol. The van der Waals surface area contributed by atoms with E-state index in [1.807, 2.05) is 0 Å². The average molecular weight is 224 g/mol. The summed E-state index contributed by atoms with van der Waals surface area (Å²) in [7, 11) is 0. The van der Waals surface area contributed by atoms with Gasteiger partial charge in [-0.15, -0.1) is 0 Å². The van der Waals surface area contributed by atoms with Crippen LogP contribution < -0.4 is 0 Å². The van der Waals surface area contributed by atoms with Crippen molar-refractivity contribution in [2.24, 2.45) is 0 Å². The van der Waals surface area contributed by atoms with Crippen LogP contribution in [-0.4, -0.2) is 30.4 Å². The molecule has 3 rings (SSSR count). The highest BCUT2D eigenvalue weighted by Gasteiger charge is 2.23. The van der Waals surface area contributed by atoms with E-state index in [0.29, 0.717) is 0 Å². The molecule has 3 aromatic rings. The lowest BCUT2D eigenvalue weighted by Crippen LogP contribution is -1.76. The zero-order valence-corrected chi connectivity index (χ0v) is 7.50. The number of hydrogen-bond acceptors (Lipinski definition) is 8. The van der Waals surface area contributed by atoms with Gasteiger partial charge in [-0.25, -0.2) is 0 Å². The van der Waals surface area contributed by atoms with Crippen molar-refractivity contribution in [3.05, 3.63) is 0 Å². The summed E-state index contributed by atoms with van der Waals surface area (Å²) >= 11 is 0. The summed E-state index contributed by atoms with van der Waals surface area (Å²) < 4.78 is 9.34. The first-order valence-electron chi connectivity index (χ1n) is 4.11. The summed E-state index contributed by atoms with van der Waals surface area (Å²) in [6.07, 6.45) is -1.42. The van der Waals surface area contributed by atoms with E-state index in [1.54, 1.807) is 0 Å². The van der Waals surface area contributed by atoms with Crippen LogP contribution >= 0.6 is 0 Å². The number of phenolic OH excluding ortho intramolecular Hbond substituents is 2. The van der Waals surface area contributed by atoms with Gasteiger partial charge in [0.05, 0.1) is 0 Å². The molecular formula is C8H4N2O6. The molecule has 0 radical (unpaired) electrons. The molecule has 0 aliphatic rings. The maximum absolute atomic E-state index is 9.67. The molecule has 2 aromatic heterocycles. The quantitative estimate of drug-likeness (QED) is 0.412. The van der Waals surface area contributed by atoms with Crippen LogP contribution in [0.4, 0.5) is 0 Å². The fraction of sp³-hybridized carbons (Fsp3) is 0. The Kier molecular flexibility index (Phi) is 1.34. The van der Waals surface area contributed by atoms with Gasteiger partial charge in [0.15, 0.2) is 22.5 Å². The minimum absolute atomic E-state index is 0.182. The van der Waals surface area contributed by atoms with E-state index in [9.17, 15) is 10.2 Å². The fourth-order valence-electron chi connectivity index (χ4n) is 1.47. The number of hydrogen-bond donors (Lipinski definition) is 4. The van der Waals surface area contributed by atoms with Gasteiger partial charge in [-0.1, -0.05) is 0 Å². The maximum atomic E-state index is 9.67. The van der Waals surface area contributed by atoms with Crippen LogP contribution in [0.25, 0.3) is 22.2 Å². The minimum Gasteiger partial charge on any atom is -0.503 e. The number of benzene rings is 1. The Hall–Kier alpha value is -2.64. The van der Waals surface area contributed by atoms with Crippen molar-refractivity contribution in [2.45, 2.75) is 0 Å². The molecule has 16 heavy (non-hydrogen) atoms. The van der Waals surface area contributed by atoms with Gasteiger partial charge in [-0.05, 0) is 0 Å². The van der Waals surface area contributed by atoms with E-state index in [-0.39, 0.29) is 22.2 Å². The summed E-state index contributed by atoms with van der Waals surface area (Å²) in [6, 6.07) is 0. The first-order valence-corrected chi connectivity index (χ1v) is 4.11. The van der Waals surface area contributed by atoms with E-state index in [1.165, 1.54) is 0 Å². The van der Waals surface area contributed by atoms with Crippen LogP contribution in [0.5, 0.6) is 23.7 Å². The van der Waals surface area contributed by atoms with Crippen molar-refractivity contribution in [1.82, 2.24) is 9.97 Å². The lowest BCUT2D eigenvalue weighted by atomic mass is 10.2. The first-order chi connectivity index (χ1) is 7.58. The maximum Gasteiger partial charge on any atom is 0.392 e. The molecule has 0 aliphatic carbocycles. The molecule has 1 aromatic carbocycles. The number of phenols is 2. The third-order valence-electron chi connectivity index (χ3n) is 2.11. The monoisotopic (exact) mass is 224 g/mol.